The van der Waals surface area contributed by atoms with E-state index in [9.17, 15) is 4.79 Å². The molecule has 0 aromatic carbocycles. The normalized spacial score (nSPS) is 18.0. The fraction of sp³-hybridized carbons (Fsp3) is 0.500. The van der Waals surface area contributed by atoms with Gasteiger partial charge in [0.25, 0.3) is 0 Å². The average molecular weight is 189 g/mol. The second kappa shape index (κ2) is 4.36. The molecule has 0 aliphatic heterocycles. The zero-order valence-corrected chi connectivity index (χ0v) is 8.28. The minimum absolute atomic E-state index is 0.567. The van der Waals surface area contributed by atoms with Crippen LogP contribution >= 0.6 is 0 Å². The van der Waals surface area contributed by atoms with Crippen molar-refractivity contribution in [1.29, 1.82) is 0 Å². The summed E-state index contributed by atoms with van der Waals surface area (Å²) in [7, 11) is 0. The SMILES string of the molecule is O=Cc1ncccc1C1CCCCC1. The van der Waals surface area contributed by atoms with Gasteiger partial charge in [-0.2, -0.15) is 0 Å². The maximum atomic E-state index is 10.8. The van der Waals surface area contributed by atoms with E-state index >= 15 is 0 Å². The predicted octanol–water partition coefficient (Wildman–Crippen LogP) is 2.94. The van der Waals surface area contributed by atoms with Crippen LogP contribution in [0.15, 0.2) is 18.3 Å². The van der Waals surface area contributed by atoms with Gasteiger partial charge < -0.3 is 0 Å². The maximum absolute atomic E-state index is 10.8. The van der Waals surface area contributed by atoms with Gasteiger partial charge in [-0.3, -0.25) is 9.78 Å². The standard InChI is InChI=1S/C12H15NO/c14-9-12-11(7-4-8-13-12)10-5-2-1-3-6-10/h4,7-10H,1-3,5-6H2. The van der Waals surface area contributed by atoms with E-state index < -0.39 is 0 Å². The molecule has 74 valence electrons. The number of hydrogen-bond donors (Lipinski definition) is 0. The number of aromatic nitrogens is 1. The monoisotopic (exact) mass is 189 g/mol. The van der Waals surface area contributed by atoms with Gasteiger partial charge in [0.15, 0.2) is 6.29 Å². The Morgan fingerprint density at radius 1 is 1.29 bits per heavy atom. The summed E-state index contributed by atoms with van der Waals surface area (Å²) in [6, 6.07) is 3.98. The Morgan fingerprint density at radius 2 is 2.07 bits per heavy atom. The molecule has 2 nitrogen and oxygen atoms in total. The highest BCUT2D eigenvalue weighted by Gasteiger charge is 2.18. The third-order valence-corrected chi connectivity index (χ3v) is 3.03. The zero-order chi connectivity index (χ0) is 9.80. The molecule has 0 unspecified atom stereocenters. The van der Waals surface area contributed by atoms with E-state index in [2.05, 4.69) is 4.98 Å². The third kappa shape index (κ3) is 1.84. The van der Waals surface area contributed by atoms with Crippen molar-refractivity contribution >= 4 is 6.29 Å². The van der Waals surface area contributed by atoms with Crippen molar-refractivity contribution in [3.63, 3.8) is 0 Å². The Bertz CT molecular complexity index is 316. The van der Waals surface area contributed by atoms with Crippen molar-refractivity contribution in [3.05, 3.63) is 29.6 Å². The Kier molecular flexibility index (Phi) is 2.92. The molecule has 1 saturated carbocycles. The Labute approximate surface area is 84.4 Å². The Balaban J connectivity index is 2.24. The minimum Gasteiger partial charge on any atom is -0.296 e. The molecular formula is C12H15NO. The molecule has 0 radical (unpaired) electrons. The molecule has 0 amide bonds. The van der Waals surface area contributed by atoms with Crippen LogP contribution in [0.3, 0.4) is 0 Å². The van der Waals surface area contributed by atoms with Crippen LogP contribution < -0.4 is 0 Å². The first-order valence-corrected chi connectivity index (χ1v) is 5.32. The van der Waals surface area contributed by atoms with Crippen LogP contribution in [0, 0.1) is 0 Å². The first-order valence-electron chi connectivity index (χ1n) is 5.32. The van der Waals surface area contributed by atoms with Crippen molar-refractivity contribution in [2.45, 2.75) is 38.0 Å². The van der Waals surface area contributed by atoms with Gasteiger partial charge in [-0.1, -0.05) is 25.3 Å². The minimum atomic E-state index is 0.567. The summed E-state index contributed by atoms with van der Waals surface area (Å²) in [5.41, 5.74) is 1.79. The van der Waals surface area contributed by atoms with Crippen molar-refractivity contribution < 1.29 is 4.79 Å². The second-order valence-corrected chi connectivity index (χ2v) is 3.93. The molecule has 2 heteroatoms. The molecule has 0 atom stereocenters. The highest BCUT2D eigenvalue weighted by atomic mass is 16.1. The molecule has 1 aliphatic carbocycles. The number of pyridine rings is 1. The molecule has 1 aliphatic rings. The van der Waals surface area contributed by atoms with Crippen molar-refractivity contribution in [2.24, 2.45) is 0 Å². The number of aldehydes is 1. The van der Waals surface area contributed by atoms with Crippen LogP contribution in [0.5, 0.6) is 0 Å². The van der Waals surface area contributed by atoms with E-state index in [1.54, 1.807) is 6.20 Å². The first-order chi connectivity index (χ1) is 6.92. The van der Waals surface area contributed by atoms with Gasteiger partial charge >= 0.3 is 0 Å². The second-order valence-electron chi connectivity index (χ2n) is 3.93. The van der Waals surface area contributed by atoms with E-state index in [1.807, 2.05) is 12.1 Å². The molecule has 0 N–H and O–H groups in total. The molecule has 0 spiro atoms. The molecule has 1 aromatic heterocycles. The summed E-state index contributed by atoms with van der Waals surface area (Å²) in [6.07, 6.45) is 8.92. The van der Waals surface area contributed by atoms with E-state index in [-0.39, 0.29) is 0 Å². The lowest BCUT2D eigenvalue weighted by atomic mass is 9.83. The maximum Gasteiger partial charge on any atom is 0.168 e. The number of carbonyl (C=O) groups excluding carboxylic acids is 1. The molecule has 0 bridgehead atoms. The van der Waals surface area contributed by atoms with Crippen molar-refractivity contribution in [2.75, 3.05) is 0 Å². The fourth-order valence-corrected chi connectivity index (χ4v) is 2.29. The molecule has 1 heterocycles. The summed E-state index contributed by atoms with van der Waals surface area (Å²) in [6.45, 7) is 0. The number of hydrogen-bond acceptors (Lipinski definition) is 2. The Morgan fingerprint density at radius 3 is 2.79 bits per heavy atom. The molecule has 14 heavy (non-hydrogen) atoms. The molecule has 1 fully saturated rings. The third-order valence-electron chi connectivity index (χ3n) is 3.03. The fourth-order valence-electron chi connectivity index (χ4n) is 2.29. The van der Waals surface area contributed by atoms with Gasteiger partial charge in [-0.15, -0.1) is 0 Å². The average Bonchev–Trinajstić information content (AvgIpc) is 2.30. The van der Waals surface area contributed by atoms with Crippen LogP contribution in [0.25, 0.3) is 0 Å². The lowest BCUT2D eigenvalue weighted by Gasteiger charge is -2.22. The van der Waals surface area contributed by atoms with Crippen LogP contribution in [0.1, 0.15) is 54.1 Å². The zero-order valence-electron chi connectivity index (χ0n) is 8.28. The van der Waals surface area contributed by atoms with Crippen LogP contribution in [-0.2, 0) is 0 Å². The smallest absolute Gasteiger partial charge is 0.168 e. The van der Waals surface area contributed by atoms with E-state index in [1.165, 1.54) is 32.1 Å². The van der Waals surface area contributed by atoms with Gasteiger partial charge in [-0.05, 0) is 30.4 Å². The van der Waals surface area contributed by atoms with Gasteiger partial charge in [-0.25, -0.2) is 0 Å². The molecule has 0 saturated heterocycles. The summed E-state index contributed by atoms with van der Waals surface area (Å²) in [5, 5.41) is 0. The van der Waals surface area contributed by atoms with Gasteiger partial charge in [0.2, 0.25) is 0 Å². The summed E-state index contributed by atoms with van der Waals surface area (Å²) < 4.78 is 0. The quantitative estimate of drug-likeness (QED) is 0.669. The molecule has 1 aromatic rings. The predicted molar refractivity (Wildman–Crippen MR) is 55.5 cm³/mol. The largest absolute Gasteiger partial charge is 0.296 e. The van der Waals surface area contributed by atoms with Crippen LogP contribution in [-0.4, -0.2) is 11.3 Å². The summed E-state index contributed by atoms with van der Waals surface area (Å²) in [4.78, 5) is 14.9. The van der Waals surface area contributed by atoms with Crippen LogP contribution in [0.4, 0.5) is 0 Å². The van der Waals surface area contributed by atoms with Gasteiger partial charge in [0, 0.05) is 6.20 Å². The highest BCUT2D eigenvalue weighted by molar-refractivity contribution is 5.74. The number of carbonyl (C=O) groups is 1. The van der Waals surface area contributed by atoms with E-state index in [0.29, 0.717) is 11.6 Å². The molecule has 2 rings (SSSR count). The summed E-state index contributed by atoms with van der Waals surface area (Å²) >= 11 is 0. The topological polar surface area (TPSA) is 30.0 Å². The number of rotatable bonds is 2. The Hall–Kier alpha value is -1.18. The van der Waals surface area contributed by atoms with E-state index in [4.69, 9.17) is 0 Å². The number of nitrogens with zero attached hydrogens (tertiary/aromatic N) is 1. The van der Waals surface area contributed by atoms with E-state index in [0.717, 1.165) is 11.8 Å². The molecular weight excluding hydrogens is 174 g/mol. The van der Waals surface area contributed by atoms with Crippen LogP contribution in [0.2, 0.25) is 0 Å². The first kappa shape index (κ1) is 9.38. The summed E-state index contributed by atoms with van der Waals surface area (Å²) in [5.74, 6) is 0.567. The lowest BCUT2D eigenvalue weighted by molar-refractivity contribution is 0.111. The highest BCUT2D eigenvalue weighted by Crippen LogP contribution is 2.33. The van der Waals surface area contributed by atoms with Crippen molar-refractivity contribution in [3.8, 4) is 0 Å². The van der Waals surface area contributed by atoms with Crippen molar-refractivity contribution in [1.82, 2.24) is 4.98 Å². The van der Waals surface area contributed by atoms with Gasteiger partial charge in [0.05, 0.1) is 0 Å². The lowest BCUT2D eigenvalue weighted by Crippen LogP contribution is -2.08. The van der Waals surface area contributed by atoms with Gasteiger partial charge in [0.1, 0.15) is 5.69 Å².